The number of nitrogens with zero attached hydrogens (tertiary/aromatic N) is 4. The molecule has 0 saturated carbocycles. The average Bonchev–Trinajstić information content (AvgIpc) is 3.36. The van der Waals surface area contributed by atoms with Crippen LogP contribution in [0.1, 0.15) is 5.89 Å². The number of halogens is 2. The van der Waals surface area contributed by atoms with E-state index in [0.29, 0.717) is 44.2 Å². The fourth-order valence-corrected chi connectivity index (χ4v) is 3.48. The zero-order valence-electron chi connectivity index (χ0n) is 14.5. The summed E-state index contributed by atoms with van der Waals surface area (Å²) in [5.74, 6) is 2.59. The van der Waals surface area contributed by atoms with Gasteiger partial charge in [-0.1, -0.05) is 52.3 Å². The molecule has 0 amide bonds. The number of benzene rings is 2. The maximum atomic E-state index is 6.08. The van der Waals surface area contributed by atoms with Gasteiger partial charge in [0.25, 0.3) is 0 Å². The Kier molecular flexibility index (Phi) is 5.52. The number of aromatic amines is 1. The van der Waals surface area contributed by atoms with Crippen LogP contribution in [0, 0.1) is 0 Å². The highest BCUT2D eigenvalue weighted by Gasteiger charge is 2.14. The summed E-state index contributed by atoms with van der Waals surface area (Å²) < 4.78 is 10.6. The molecule has 1 N–H and O–H groups in total. The summed E-state index contributed by atoms with van der Waals surface area (Å²) in [6, 6.07) is 12.6. The molecule has 0 saturated heterocycles. The number of H-pyrrole nitrogens is 1. The smallest absolute Gasteiger partial charge is 0.237 e. The molecule has 7 nitrogen and oxygen atoms in total. The van der Waals surface area contributed by atoms with E-state index >= 15 is 0 Å². The van der Waals surface area contributed by atoms with Gasteiger partial charge in [0.1, 0.15) is 5.75 Å². The predicted molar refractivity (Wildman–Crippen MR) is 108 cm³/mol. The lowest BCUT2D eigenvalue weighted by Gasteiger charge is -2.05. The number of nitrogens with one attached hydrogen (secondary N) is 1. The van der Waals surface area contributed by atoms with Crippen LogP contribution >= 0.6 is 35.0 Å². The van der Waals surface area contributed by atoms with Gasteiger partial charge in [-0.05, 0) is 30.3 Å². The quantitative estimate of drug-likeness (QED) is 0.421. The third-order valence-electron chi connectivity index (χ3n) is 3.76. The molecule has 2 aromatic heterocycles. The van der Waals surface area contributed by atoms with Gasteiger partial charge in [-0.25, -0.2) is 4.98 Å². The summed E-state index contributed by atoms with van der Waals surface area (Å²) in [5, 5.41) is 12.8. The van der Waals surface area contributed by atoms with Gasteiger partial charge in [-0.15, -0.1) is 5.10 Å². The second-order valence-corrected chi connectivity index (χ2v) is 7.44. The fraction of sp³-hybridized carbons (Fsp3) is 0.111. The molecule has 2 heterocycles. The summed E-state index contributed by atoms with van der Waals surface area (Å²) in [7, 11) is 1.59. The minimum atomic E-state index is 0.428. The van der Waals surface area contributed by atoms with Crippen molar-refractivity contribution in [2.45, 2.75) is 10.9 Å². The van der Waals surface area contributed by atoms with Crippen LogP contribution in [0.2, 0.25) is 10.0 Å². The van der Waals surface area contributed by atoms with Crippen molar-refractivity contribution < 1.29 is 9.26 Å². The number of thioether (sulfide) groups is 1. The Morgan fingerprint density at radius 1 is 1.11 bits per heavy atom. The van der Waals surface area contributed by atoms with E-state index < -0.39 is 0 Å². The van der Waals surface area contributed by atoms with Crippen LogP contribution in [-0.4, -0.2) is 32.4 Å². The van der Waals surface area contributed by atoms with Crippen LogP contribution in [0.4, 0.5) is 0 Å². The molecule has 2 aromatic carbocycles. The largest absolute Gasteiger partial charge is 0.496 e. The first-order chi connectivity index (χ1) is 13.6. The lowest BCUT2D eigenvalue weighted by molar-refractivity contribution is 0.391. The van der Waals surface area contributed by atoms with E-state index in [1.165, 1.54) is 11.8 Å². The molecule has 0 fully saturated rings. The molecule has 0 bridgehead atoms. The molecule has 28 heavy (non-hydrogen) atoms. The van der Waals surface area contributed by atoms with Crippen molar-refractivity contribution in [1.82, 2.24) is 25.3 Å². The third kappa shape index (κ3) is 4.14. The molecular weight excluding hydrogens is 421 g/mol. The van der Waals surface area contributed by atoms with Gasteiger partial charge in [0.05, 0.1) is 18.4 Å². The number of hydrogen-bond acceptors (Lipinski definition) is 7. The lowest BCUT2D eigenvalue weighted by Crippen LogP contribution is -1.89. The molecule has 0 unspecified atom stereocenters. The minimum absolute atomic E-state index is 0.428. The predicted octanol–water partition coefficient (Wildman–Crippen LogP) is 5.13. The first kappa shape index (κ1) is 18.8. The summed E-state index contributed by atoms with van der Waals surface area (Å²) >= 11 is 13.4. The number of methoxy groups -OCH3 is 1. The molecule has 10 heteroatoms. The number of hydrogen-bond donors (Lipinski definition) is 1. The molecular formula is C18H13Cl2N5O2S. The average molecular weight is 434 g/mol. The van der Waals surface area contributed by atoms with Crippen molar-refractivity contribution in [3.05, 3.63) is 58.4 Å². The van der Waals surface area contributed by atoms with Gasteiger partial charge in [-0.3, -0.25) is 5.10 Å². The van der Waals surface area contributed by atoms with E-state index in [9.17, 15) is 0 Å². The van der Waals surface area contributed by atoms with Crippen molar-refractivity contribution in [1.29, 1.82) is 0 Å². The van der Waals surface area contributed by atoms with Crippen LogP contribution in [0.5, 0.6) is 5.75 Å². The van der Waals surface area contributed by atoms with Gasteiger partial charge in [-0.2, -0.15) is 4.98 Å². The standard InChI is InChI=1S/C18H13Cl2N5O2S/c1-26-14-6-5-12(20)8-13(14)17-22-18(24-23-17)28-9-15-21-16(25-27-15)10-3-2-4-11(19)7-10/h2-8H,9H2,1H3,(H,22,23,24). The highest BCUT2D eigenvalue weighted by Crippen LogP contribution is 2.31. The summed E-state index contributed by atoms with van der Waals surface area (Å²) in [6.07, 6.45) is 0. The Morgan fingerprint density at radius 3 is 2.79 bits per heavy atom. The van der Waals surface area contributed by atoms with E-state index in [1.807, 2.05) is 12.1 Å². The summed E-state index contributed by atoms with van der Waals surface area (Å²) in [6.45, 7) is 0. The van der Waals surface area contributed by atoms with Gasteiger partial charge >= 0.3 is 0 Å². The van der Waals surface area contributed by atoms with Gasteiger partial charge in [0.15, 0.2) is 5.82 Å². The Bertz CT molecular complexity index is 1110. The normalized spacial score (nSPS) is 11.0. The van der Waals surface area contributed by atoms with Crippen LogP contribution in [-0.2, 0) is 5.75 Å². The number of rotatable bonds is 6. The Labute approximate surface area is 174 Å². The van der Waals surface area contributed by atoms with Gasteiger partial charge < -0.3 is 9.26 Å². The maximum Gasteiger partial charge on any atom is 0.237 e. The Balaban J connectivity index is 1.46. The van der Waals surface area contributed by atoms with Crippen LogP contribution < -0.4 is 4.74 Å². The highest BCUT2D eigenvalue weighted by atomic mass is 35.5. The van der Waals surface area contributed by atoms with E-state index in [2.05, 4.69) is 25.3 Å². The molecule has 0 aliphatic heterocycles. The minimum Gasteiger partial charge on any atom is -0.496 e. The van der Waals surface area contributed by atoms with E-state index in [-0.39, 0.29) is 0 Å². The van der Waals surface area contributed by atoms with Gasteiger partial charge in [0.2, 0.25) is 16.9 Å². The van der Waals surface area contributed by atoms with Crippen LogP contribution in [0.25, 0.3) is 22.8 Å². The maximum absolute atomic E-state index is 6.08. The topological polar surface area (TPSA) is 89.7 Å². The van der Waals surface area contributed by atoms with Crippen molar-refractivity contribution >= 4 is 35.0 Å². The number of aromatic nitrogens is 5. The lowest BCUT2D eigenvalue weighted by atomic mass is 10.2. The van der Waals surface area contributed by atoms with Crippen molar-refractivity contribution in [2.24, 2.45) is 0 Å². The van der Waals surface area contributed by atoms with Gasteiger partial charge in [0, 0.05) is 15.6 Å². The summed E-state index contributed by atoms with van der Waals surface area (Å²) in [4.78, 5) is 8.85. The molecule has 4 rings (SSSR count). The second kappa shape index (κ2) is 8.22. The van der Waals surface area contributed by atoms with E-state index in [1.54, 1.807) is 37.4 Å². The van der Waals surface area contributed by atoms with Crippen molar-refractivity contribution in [3.63, 3.8) is 0 Å². The molecule has 0 spiro atoms. The van der Waals surface area contributed by atoms with Crippen LogP contribution in [0.15, 0.2) is 52.1 Å². The molecule has 0 atom stereocenters. The zero-order valence-corrected chi connectivity index (χ0v) is 16.8. The molecule has 0 radical (unpaired) electrons. The van der Waals surface area contributed by atoms with Crippen molar-refractivity contribution in [3.8, 4) is 28.5 Å². The van der Waals surface area contributed by atoms with Crippen LogP contribution in [0.3, 0.4) is 0 Å². The molecule has 0 aliphatic rings. The second-order valence-electron chi connectivity index (χ2n) is 5.62. The van der Waals surface area contributed by atoms with Crippen molar-refractivity contribution in [2.75, 3.05) is 7.11 Å². The third-order valence-corrected chi connectivity index (χ3v) is 5.06. The van der Waals surface area contributed by atoms with E-state index in [0.717, 1.165) is 11.1 Å². The fourth-order valence-electron chi connectivity index (χ4n) is 2.48. The molecule has 4 aromatic rings. The molecule has 0 aliphatic carbocycles. The Morgan fingerprint density at radius 2 is 1.96 bits per heavy atom. The zero-order chi connectivity index (χ0) is 19.5. The summed E-state index contributed by atoms with van der Waals surface area (Å²) in [5.41, 5.74) is 1.52. The first-order valence-corrected chi connectivity index (χ1v) is 9.84. The SMILES string of the molecule is COc1ccc(Cl)cc1-c1nc(SCc2nc(-c3cccc(Cl)c3)no2)n[nH]1. The number of ether oxygens (including phenoxy) is 1. The first-order valence-electron chi connectivity index (χ1n) is 8.10. The monoisotopic (exact) mass is 433 g/mol. The molecule has 142 valence electrons. The Hall–Kier alpha value is -2.55. The highest BCUT2D eigenvalue weighted by molar-refractivity contribution is 7.98. The van der Waals surface area contributed by atoms with E-state index in [4.69, 9.17) is 32.5 Å².